The van der Waals surface area contributed by atoms with Crippen molar-refractivity contribution in [3.8, 4) is 0 Å². The van der Waals surface area contributed by atoms with Crippen molar-refractivity contribution in [1.82, 2.24) is 10.6 Å². The van der Waals surface area contributed by atoms with Gasteiger partial charge in [-0.25, -0.2) is 4.79 Å². The van der Waals surface area contributed by atoms with Crippen molar-refractivity contribution in [2.24, 2.45) is 56.7 Å². The zero-order chi connectivity index (χ0) is 38.8. The number of carbonyl (C=O) groups is 3. The highest BCUT2D eigenvalue weighted by atomic mass is 16.6. The number of fused-ring (bicyclic) bond motifs is 7. The maximum atomic E-state index is 14.6. The Morgan fingerprint density at radius 3 is 2.41 bits per heavy atom. The molecule has 1 heterocycles. The molecule has 54 heavy (non-hydrogen) atoms. The van der Waals surface area contributed by atoms with E-state index < -0.39 is 18.2 Å². The molecular weight excluding hydrogens is 681 g/mol. The molecule has 9 heteroatoms. The van der Waals surface area contributed by atoms with Gasteiger partial charge in [0.15, 0.2) is 6.10 Å². The van der Waals surface area contributed by atoms with Gasteiger partial charge in [0.1, 0.15) is 0 Å². The highest BCUT2D eigenvalue weighted by molar-refractivity contribution is 5.94. The fourth-order valence-corrected chi connectivity index (χ4v) is 14.1. The van der Waals surface area contributed by atoms with E-state index in [9.17, 15) is 24.6 Å². The molecule has 9 nitrogen and oxygen atoms in total. The van der Waals surface area contributed by atoms with E-state index in [2.05, 4.69) is 58.8 Å². The first kappa shape index (κ1) is 39.5. The van der Waals surface area contributed by atoms with Crippen LogP contribution in [0.15, 0.2) is 36.4 Å². The number of carboxylic acid groups (broad SMARTS) is 1. The Labute approximate surface area is 322 Å². The lowest BCUT2D eigenvalue weighted by Crippen LogP contribution is -2.67. The Morgan fingerprint density at radius 2 is 1.67 bits per heavy atom. The second-order valence-corrected chi connectivity index (χ2v) is 19.8. The molecular formula is C45H66N2O7. The van der Waals surface area contributed by atoms with Crippen LogP contribution in [-0.2, 0) is 25.5 Å². The SMILES string of the molecule is C=C(C)[C@@H]1CC[C@]2(C(=O)NCCc3cccc(C(=O)NCC4COCC(C(=O)O)O4)c3)CC[C@]3(C)C(CCC4[C@@]5(C)CC[C@H](O)C(C)(C)C5CC[C@]43C)C12. The number of hydrogen-bond acceptors (Lipinski definition) is 6. The zero-order valence-electron chi connectivity index (χ0n) is 33.7. The Bertz CT molecular complexity index is 1640. The molecule has 6 fully saturated rings. The minimum absolute atomic E-state index is 0.0000760. The topological polar surface area (TPSA) is 134 Å². The summed E-state index contributed by atoms with van der Waals surface area (Å²) in [6, 6.07) is 7.47. The largest absolute Gasteiger partial charge is 0.479 e. The van der Waals surface area contributed by atoms with E-state index in [1.54, 1.807) is 6.07 Å². The molecule has 0 radical (unpaired) electrons. The number of aliphatic hydroxyl groups excluding tert-OH is 1. The van der Waals surface area contributed by atoms with E-state index in [0.29, 0.717) is 42.2 Å². The number of carboxylic acids is 1. The van der Waals surface area contributed by atoms with E-state index in [-0.39, 0.29) is 70.7 Å². The lowest BCUT2D eigenvalue weighted by molar-refractivity contribution is -0.246. The molecule has 1 aliphatic heterocycles. The van der Waals surface area contributed by atoms with Gasteiger partial charge in [0.25, 0.3) is 5.91 Å². The Morgan fingerprint density at radius 1 is 0.889 bits per heavy atom. The number of benzene rings is 1. The number of aliphatic hydroxyl groups is 1. The zero-order valence-corrected chi connectivity index (χ0v) is 33.7. The highest BCUT2D eigenvalue weighted by Crippen LogP contribution is 2.77. The van der Waals surface area contributed by atoms with Crippen molar-refractivity contribution in [2.75, 3.05) is 26.3 Å². The molecule has 1 aromatic rings. The summed E-state index contributed by atoms with van der Waals surface area (Å²) >= 11 is 0. The summed E-state index contributed by atoms with van der Waals surface area (Å²) in [6.07, 6.45) is 9.54. The van der Waals surface area contributed by atoms with Crippen LogP contribution in [0, 0.1) is 56.7 Å². The van der Waals surface area contributed by atoms with E-state index in [4.69, 9.17) is 9.47 Å². The maximum absolute atomic E-state index is 14.6. The van der Waals surface area contributed by atoms with Crippen LogP contribution in [0.3, 0.4) is 0 Å². The van der Waals surface area contributed by atoms with E-state index >= 15 is 0 Å². The second kappa shape index (κ2) is 14.3. The number of amides is 2. The number of ether oxygens (including phenoxy) is 2. The minimum atomic E-state index is -1.08. The molecule has 4 N–H and O–H groups in total. The number of carbonyl (C=O) groups excluding carboxylic acids is 2. The molecule has 2 amide bonds. The van der Waals surface area contributed by atoms with Crippen molar-refractivity contribution in [2.45, 2.75) is 130 Å². The first-order valence-corrected chi connectivity index (χ1v) is 20.9. The van der Waals surface area contributed by atoms with Gasteiger partial charge in [-0.15, -0.1) is 0 Å². The summed E-state index contributed by atoms with van der Waals surface area (Å²) in [5.41, 5.74) is 2.82. The van der Waals surface area contributed by atoms with Gasteiger partial charge in [0, 0.05) is 18.7 Å². The van der Waals surface area contributed by atoms with Gasteiger partial charge in [-0.3, -0.25) is 9.59 Å². The Hall–Kier alpha value is -2.75. The van der Waals surface area contributed by atoms with Gasteiger partial charge < -0.3 is 30.3 Å². The number of hydrogen-bond donors (Lipinski definition) is 4. The van der Waals surface area contributed by atoms with Crippen LogP contribution < -0.4 is 10.6 Å². The molecule has 6 aliphatic rings. The highest BCUT2D eigenvalue weighted by Gasteiger charge is 2.71. The van der Waals surface area contributed by atoms with Crippen LogP contribution in [-0.4, -0.2) is 72.6 Å². The fraction of sp³-hybridized carbons (Fsp3) is 0.756. The van der Waals surface area contributed by atoms with Crippen LogP contribution in [0.2, 0.25) is 0 Å². The van der Waals surface area contributed by atoms with Crippen molar-refractivity contribution >= 4 is 17.8 Å². The first-order chi connectivity index (χ1) is 25.5. The van der Waals surface area contributed by atoms with Gasteiger partial charge in [-0.2, -0.15) is 0 Å². The lowest BCUT2D eigenvalue weighted by atomic mass is 9.32. The quantitative estimate of drug-likeness (QED) is 0.201. The van der Waals surface area contributed by atoms with Crippen LogP contribution in [0.25, 0.3) is 0 Å². The summed E-state index contributed by atoms with van der Waals surface area (Å²) in [5.74, 6) is 1.13. The summed E-state index contributed by atoms with van der Waals surface area (Å²) in [5, 5.41) is 26.6. The monoisotopic (exact) mass is 746 g/mol. The van der Waals surface area contributed by atoms with Crippen molar-refractivity contribution in [3.05, 3.63) is 47.5 Å². The van der Waals surface area contributed by atoms with Crippen molar-refractivity contribution < 1.29 is 34.1 Å². The fourth-order valence-electron chi connectivity index (χ4n) is 14.1. The Kier molecular flexibility index (Phi) is 10.5. The van der Waals surface area contributed by atoms with Crippen LogP contribution in [0.4, 0.5) is 0 Å². The van der Waals surface area contributed by atoms with Gasteiger partial charge in [-0.05, 0) is 146 Å². The second-order valence-electron chi connectivity index (χ2n) is 19.8. The lowest BCUT2D eigenvalue weighted by Gasteiger charge is -2.72. The molecule has 0 spiro atoms. The molecule has 0 aromatic heterocycles. The summed E-state index contributed by atoms with van der Waals surface area (Å²) < 4.78 is 10.9. The molecule has 5 aliphatic carbocycles. The maximum Gasteiger partial charge on any atom is 0.335 e. The van der Waals surface area contributed by atoms with Crippen LogP contribution in [0.5, 0.6) is 0 Å². The molecule has 1 aromatic carbocycles. The molecule has 7 rings (SSSR count). The van der Waals surface area contributed by atoms with Gasteiger partial charge in [0.05, 0.1) is 30.8 Å². The standard InChI is InChI=1S/C45H66N2O7/c1-27(2)31-13-19-45(40(52)46-22-16-28-9-8-10-29(23-28)38(49)47-24-30-25-53-26-33(54-30)39(50)51)21-20-43(6)32(37(31)45)11-12-35-42(5)17-15-36(48)41(3,4)34(42)14-18-44(35,43)7/h8-10,23,30-37,48H,1,11-22,24-26H2,2-7H3,(H,46,52)(H,47,49)(H,50,51)/t30?,31-,32?,33?,34?,35?,36-,37?,42-,43+,44+,45-/m0/s1. The third-order valence-electron chi connectivity index (χ3n) is 17.1. The minimum Gasteiger partial charge on any atom is -0.479 e. The predicted molar refractivity (Wildman–Crippen MR) is 208 cm³/mol. The average molecular weight is 747 g/mol. The van der Waals surface area contributed by atoms with Crippen molar-refractivity contribution in [3.63, 3.8) is 0 Å². The number of rotatable bonds is 9. The van der Waals surface area contributed by atoms with Crippen LogP contribution >= 0.6 is 0 Å². The Balaban J connectivity index is 1.03. The summed E-state index contributed by atoms with van der Waals surface area (Å²) in [7, 11) is 0. The van der Waals surface area contributed by atoms with Crippen molar-refractivity contribution in [1.29, 1.82) is 0 Å². The van der Waals surface area contributed by atoms with E-state index in [1.165, 1.54) is 31.3 Å². The van der Waals surface area contributed by atoms with Crippen LogP contribution in [0.1, 0.15) is 122 Å². The number of aliphatic carboxylic acids is 1. The first-order valence-electron chi connectivity index (χ1n) is 20.9. The molecule has 0 bridgehead atoms. The normalized spacial score (nSPS) is 42.4. The summed E-state index contributed by atoms with van der Waals surface area (Å²) in [6.45, 7) is 20.0. The third kappa shape index (κ3) is 6.27. The average Bonchev–Trinajstić information content (AvgIpc) is 3.54. The van der Waals surface area contributed by atoms with E-state index in [0.717, 1.165) is 44.1 Å². The van der Waals surface area contributed by atoms with Gasteiger partial charge in [-0.1, -0.05) is 58.9 Å². The number of allylic oxidation sites excluding steroid dienone is 1. The van der Waals surface area contributed by atoms with Gasteiger partial charge in [0.2, 0.25) is 5.91 Å². The summed E-state index contributed by atoms with van der Waals surface area (Å²) in [4.78, 5) is 38.9. The van der Waals surface area contributed by atoms with E-state index in [1.807, 2.05) is 18.2 Å². The van der Waals surface area contributed by atoms with Gasteiger partial charge >= 0.3 is 5.97 Å². The number of nitrogens with one attached hydrogen (secondary N) is 2. The molecule has 6 unspecified atom stereocenters. The molecule has 1 saturated heterocycles. The molecule has 12 atom stereocenters. The predicted octanol–water partition coefficient (Wildman–Crippen LogP) is 6.96. The molecule has 298 valence electrons. The molecule has 5 saturated carbocycles. The third-order valence-corrected chi connectivity index (χ3v) is 17.1. The smallest absolute Gasteiger partial charge is 0.335 e.